The lowest BCUT2D eigenvalue weighted by molar-refractivity contribution is -0.131. The van der Waals surface area contributed by atoms with Gasteiger partial charge in [0, 0.05) is 64.6 Å². The molecule has 3 saturated heterocycles. The van der Waals surface area contributed by atoms with Gasteiger partial charge in [0.05, 0.1) is 0 Å². The Labute approximate surface area is 156 Å². The highest BCUT2D eigenvalue weighted by molar-refractivity contribution is 5.82. The van der Waals surface area contributed by atoms with Crippen LogP contribution in [0.2, 0.25) is 0 Å². The molecule has 146 valence electrons. The first kappa shape index (κ1) is 19.0. The van der Waals surface area contributed by atoms with Gasteiger partial charge in [-0.2, -0.15) is 0 Å². The molecule has 0 aliphatic carbocycles. The topological polar surface area (TPSA) is 77.0 Å². The summed E-state index contributed by atoms with van der Waals surface area (Å²) in [6, 6.07) is 0. The number of aliphatic imine (C=N–C) groups is 1. The summed E-state index contributed by atoms with van der Waals surface area (Å²) in [6.07, 6.45) is 8.03. The van der Waals surface area contributed by atoms with Crippen molar-refractivity contribution in [2.24, 2.45) is 10.4 Å². The molecule has 0 radical (unpaired) electrons. The van der Waals surface area contributed by atoms with Gasteiger partial charge in [-0.15, -0.1) is 0 Å². The van der Waals surface area contributed by atoms with Crippen LogP contribution in [0.5, 0.6) is 0 Å². The van der Waals surface area contributed by atoms with Crippen molar-refractivity contribution >= 4 is 17.8 Å². The third-order valence-electron chi connectivity index (χ3n) is 5.95. The number of hydrogen-bond acceptors (Lipinski definition) is 3. The molecule has 7 nitrogen and oxygen atoms in total. The molecule has 1 spiro atoms. The van der Waals surface area contributed by atoms with Gasteiger partial charge in [0.2, 0.25) is 11.8 Å². The van der Waals surface area contributed by atoms with Crippen LogP contribution >= 0.6 is 0 Å². The molecule has 2 N–H and O–H groups in total. The Bertz CT molecular complexity index is 542. The number of amides is 2. The van der Waals surface area contributed by atoms with E-state index in [2.05, 4.69) is 20.5 Å². The Hall–Kier alpha value is -1.79. The van der Waals surface area contributed by atoms with Crippen LogP contribution in [-0.2, 0) is 9.59 Å². The summed E-state index contributed by atoms with van der Waals surface area (Å²) in [5.74, 6) is 1.26. The summed E-state index contributed by atoms with van der Waals surface area (Å²) in [7, 11) is 1.79. The lowest BCUT2D eigenvalue weighted by atomic mass is 9.79. The van der Waals surface area contributed by atoms with Crippen molar-refractivity contribution in [3.63, 3.8) is 0 Å². The molecule has 3 aliphatic heterocycles. The lowest BCUT2D eigenvalue weighted by Crippen LogP contribution is -2.51. The van der Waals surface area contributed by atoms with Crippen LogP contribution in [0.25, 0.3) is 0 Å². The van der Waals surface area contributed by atoms with E-state index in [4.69, 9.17) is 0 Å². The van der Waals surface area contributed by atoms with Gasteiger partial charge in [-0.25, -0.2) is 0 Å². The van der Waals surface area contributed by atoms with Crippen molar-refractivity contribution in [2.75, 3.05) is 46.3 Å². The molecule has 0 aromatic heterocycles. The molecule has 2 amide bonds. The van der Waals surface area contributed by atoms with Crippen molar-refractivity contribution in [1.82, 2.24) is 20.4 Å². The second-order valence-corrected chi connectivity index (χ2v) is 8.00. The number of likely N-dealkylation sites (tertiary alicyclic amines) is 2. The zero-order valence-corrected chi connectivity index (χ0v) is 16.1. The zero-order chi connectivity index (χ0) is 18.4. The van der Waals surface area contributed by atoms with Gasteiger partial charge in [0.1, 0.15) is 0 Å². The first-order valence-electron chi connectivity index (χ1n) is 10.1. The Kier molecular flexibility index (Phi) is 6.38. The fourth-order valence-corrected chi connectivity index (χ4v) is 4.52. The minimum atomic E-state index is 0.0504. The molecule has 0 saturated carbocycles. The van der Waals surface area contributed by atoms with Crippen molar-refractivity contribution in [1.29, 1.82) is 0 Å². The molecule has 3 heterocycles. The first-order chi connectivity index (χ1) is 12.6. The Morgan fingerprint density at radius 2 is 1.88 bits per heavy atom. The zero-order valence-electron chi connectivity index (χ0n) is 16.1. The fourth-order valence-electron chi connectivity index (χ4n) is 4.52. The summed E-state index contributed by atoms with van der Waals surface area (Å²) in [6.45, 7) is 5.00. The molecule has 3 fully saturated rings. The Morgan fingerprint density at radius 3 is 2.54 bits per heavy atom. The van der Waals surface area contributed by atoms with Crippen LogP contribution in [0.15, 0.2) is 4.99 Å². The summed E-state index contributed by atoms with van der Waals surface area (Å²) in [5.41, 5.74) is 0.0504. The number of carbonyl (C=O) groups excluding carboxylic acids is 2. The second kappa shape index (κ2) is 8.73. The number of rotatable bonds is 3. The quantitative estimate of drug-likeness (QED) is 0.578. The maximum atomic E-state index is 12.4. The Balaban J connectivity index is 1.47. The molecule has 0 aromatic rings. The van der Waals surface area contributed by atoms with E-state index in [9.17, 15) is 9.59 Å². The van der Waals surface area contributed by atoms with Crippen LogP contribution < -0.4 is 10.6 Å². The predicted octanol–water partition coefficient (Wildman–Crippen LogP) is 0.957. The van der Waals surface area contributed by atoms with Gasteiger partial charge >= 0.3 is 0 Å². The van der Waals surface area contributed by atoms with E-state index in [0.29, 0.717) is 19.4 Å². The fraction of sp³-hybridized carbons (Fsp3) is 0.842. The molecule has 0 bridgehead atoms. The van der Waals surface area contributed by atoms with Gasteiger partial charge < -0.3 is 20.4 Å². The van der Waals surface area contributed by atoms with E-state index >= 15 is 0 Å². The normalized spacial score (nSPS) is 27.4. The monoisotopic (exact) mass is 363 g/mol. The van der Waals surface area contributed by atoms with Gasteiger partial charge in [-0.05, 0) is 25.7 Å². The second-order valence-electron chi connectivity index (χ2n) is 8.00. The average Bonchev–Trinajstić information content (AvgIpc) is 2.85. The minimum Gasteiger partial charge on any atom is -0.356 e. The Morgan fingerprint density at radius 1 is 1.15 bits per heavy atom. The molecular weight excluding hydrogens is 330 g/mol. The molecule has 7 heteroatoms. The molecule has 1 atom stereocenters. The van der Waals surface area contributed by atoms with Crippen LogP contribution in [0.4, 0.5) is 0 Å². The van der Waals surface area contributed by atoms with E-state index in [1.54, 1.807) is 7.05 Å². The van der Waals surface area contributed by atoms with E-state index < -0.39 is 0 Å². The molecule has 26 heavy (non-hydrogen) atoms. The molecule has 3 aliphatic rings. The maximum Gasteiger partial charge on any atom is 0.224 e. The highest BCUT2D eigenvalue weighted by atomic mass is 16.2. The van der Waals surface area contributed by atoms with Crippen LogP contribution in [0.1, 0.15) is 51.4 Å². The van der Waals surface area contributed by atoms with E-state index in [0.717, 1.165) is 64.4 Å². The van der Waals surface area contributed by atoms with Gasteiger partial charge in [-0.1, -0.05) is 12.8 Å². The van der Waals surface area contributed by atoms with Crippen molar-refractivity contribution in [3.8, 4) is 0 Å². The summed E-state index contributed by atoms with van der Waals surface area (Å²) in [4.78, 5) is 32.8. The van der Waals surface area contributed by atoms with Crippen LogP contribution in [0, 0.1) is 5.41 Å². The third-order valence-corrected chi connectivity index (χ3v) is 5.95. The maximum absolute atomic E-state index is 12.4. The van der Waals surface area contributed by atoms with Gasteiger partial charge in [0.25, 0.3) is 0 Å². The lowest BCUT2D eigenvalue weighted by Gasteiger charge is -2.40. The standard InChI is InChI=1S/C19H33N5O2/c1-20-18(21-9-7-17(26)23-10-4-2-3-5-11-23)24-12-6-8-19(15-24)13-16(25)22-14-19/h2-15H2,1H3,(H,20,21)(H,22,25). The largest absolute Gasteiger partial charge is 0.356 e. The van der Waals surface area contributed by atoms with Crippen molar-refractivity contribution in [2.45, 2.75) is 51.4 Å². The average molecular weight is 364 g/mol. The summed E-state index contributed by atoms with van der Waals surface area (Å²) < 4.78 is 0. The molecule has 0 aromatic carbocycles. The van der Waals surface area contributed by atoms with Crippen LogP contribution in [0.3, 0.4) is 0 Å². The number of guanidine groups is 1. The number of piperidine rings is 1. The first-order valence-corrected chi connectivity index (χ1v) is 10.1. The number of hydrogen-bond donors (Lipinski definition) is 2. The number of nitrogens with one attached hydrogen (secondary N) is 2. The predicted molar refractivity (Wildman–Crippen MR) is 102 cm³/mol. The van der Waals surface area contributed by atoms with Crippen molar-refractivity contribution < 1.29 is 9.59 Å². The SMILES string of the molecule is CN=C(NCCC(=O)N1CCCCCC1)N1CCCC2(CNC(=O)C2)C1. The smallest absolute Gasteiger partial charge is 0.224 e. The summed E-state index contributed by atoms with van der Waals surface area (Å²) in [5, 5.41) is 6.35. The molecule has 1 unspecified atom stereocenters. The highest BCUT2D eigenvalue weighted by Gasteiger charge is 2.42. The molecule has 3 rings (SSSR count). The molecular formula is C19H33N5O2. The van der Waals surface area contributed by atoms with E-state index in [1.165, 1.54) is 12.8 Å². The van der Waals surface area contributed by atoms with Gasteiger partial charge in [-0.3, -0.25) is 14.6 Å². The minimum absolute atomic E-state index is 0.0504. The third kappa shape index (κ3) is 4.68. The number of nitrogens with zero attached hydrogens (tertiary/aromatic N) is 3. The summed E-state index contributed by atoms with van der Waals surface area (Å²) >= 11 is 0. The number of carbonyl (C=O) groups is 2. The van der Waals surface area contributed by atoms with Crippen molar-refractivity contribution in [3.05, 3.63) is 0 Å². The van der Waals surface area contributed by atoms with E-state index in [1.807, 2.05) is 4.90 Å². The van der Waals surface area contributed by atoms with Gasteiger partial charge in [0.15, 0.2) is 5.96 Å². The highest BCUT2D eigenvalue weighted by Crippen LogP contribution is 2.35. The van der Waals surface area contributed by atoms with Crippen LogP contribution in [-0.4, -0.2) is 73.9 Å². The van der Waals surface area contributed by atoms with E-state index in [-0.39, 0.29) is 17.2 Å².